The Balaban J connectivity index is 1.46. The number of carbonyl (C=O) groups is 3. The number of nitrogens with zero attached hydrogens (tertiary/aromatic N) is 4. The summed E-state index contributed by atoms with van der Waals surface area (Å²) in [6.45, 7) is 3.29. The molecule has 0 atom stereocenters. The summed E-state index contributed by atoms with van der Waals surface area (Å²) in [5.41, 5.74) is 9.06. The Hall–Kier alpha value is -3.59. The summed E-state index contributed by atoms with van der Waals surface area (Å²) in [6, 6.07) is 15.4. The average molecular weight is 518 g/mol. The van der Waals surface area contributed by atoms with Crippen LogP contribution in [-0.4, -0.2) is 46.3 Å². The van der Waals surface area contributed by atoms with Crippen molar-refractivity contribution < 1.29 is 14.4 Å². The van der Waals surface area contributed by atoms with E-state index in [1.807, 2.05) is 53.4 Å². The number of carbonyl (C=O) groups excluding carboxylic acids is 3. The highest BCUT2D eigenvalue weighted by Gasteiger charge is 2.34. The molecule has 2 aliphatic heterocycles. The normalized spacial score (nSPS) is 15.7. The number of nitrogens with two attached hydrogens (primary N) is 1. The highest BCUT2D eigenvalue weighted by molar-refractivity contribution is 7.99. The number of benzene rings is 2. The average Bonchev–Trinajstić information content (AvgIpc) is 3.31. The Morgan fingerprint density at radius 2 is 1.73 bits per heavy atom. The maximum absolute atomic E-state index is 13.8. The van der Waals surface area contributed by atoms with Crippen molar-refractivity contribution in [2.75, 3.05) is 28.6 Å². The maximum Gasteiger partial charge on any atom is 0.277 e. The SMILES string of the molecule is CCCCSc1cccc(-n2nc(C(N)=O)c3c2C(=O)N(c2ccc(N4CCCCC4=O)cc2)CC3)c1. The highest BCUT2D eigenvalue weighted by atomic mass is 32.2. The topological polar surface area (TPSA) is 102 Å². The van der Waals surface area contributed by atoms with E-state index in [1.54, 1.807) is 21.3 Å². The zero-order valence-corrected chi connectivity index (χ0v) is 21.8. The van der Waals surface area contributed by atoms with E-state index >= 15 is 0 Å². The van der Waals surface area contributed by atoms with Crippen LogP contribution in [0.1, 0.15) is 65.6 Å². The van der Waals surface area contributed by atoms with Gasteiger partial charge in [0, 0.05) is 41.3 Å². The van der Waals surface area contributed by atoms with Gasteiger partial charge in [0.1, 0.15) is 5.69 Å². The second kappa shape index (κ2) is 10.8. The number of aromatic nitrogens is 2. The fourth-order valence-corrected chi connectivity index (χ4v) is 5.97. The molecular formula is C28H31N5O3S. The van der Waals surface area contributed by atoms with E-state index in [-0.39, 0.29) is 17.5 Å². The van der Waals surface area contributed by atoms with Gasteiger partial charge in [-0.2, -0.15) is 5.10 Å². The van der Waals surface area contributed by atoms with Crippen molar-refractivity contribution >= 4 is 40.9 Å². The molecule has 5 rings (SSSR count). The molecule has 2 aliphatic rings. The van der Waals surface area contributed by atoms with Crippen molar-refractivity contribution in [1.29, 1.82) is 0 Å². The molecule has 1 fully saturated rings. The fraction of sp³-hybridized carbons (Fsp3) is 0.357. The Morgan fingerprint density at radius 3 is 2.43 bits per heavy atom. The van der Waals surface area contributed by atoms with Crippen LogP contribution in [0.2, 0.25) is 0 Å². The number of fused-ring (bicyclic) bond motifs is 1. The van der Waals surface area contributed by atoms with Crippen LogP contribution in [0.3, 0.4) is 0 Å². The first kappa shape index (κ1) is 25.1. The summed E-state index contributed by atoms with van der Waals surface area (Å²) < 4.78 is 1.56. The molecule has 3 heterocycles. The lowest BCUT2D eigenvalue weighted by molar-refractivity contribution is -0.119. The molecular weight excluding hydrogens is 486 g/mol. The first-order chi connectivity index (χ1) is 18.0. The van der Waals surface area contributed by atoms with E-state index in [4.69, 9.17) is 5.73 Å². The number of thioether (sulfide) groups is 1. The van der Waals surface area contributed by atoms with E-state index in [0.29, 0.717) is 30.6 Å². The van der Waals surface area contributed by atoms with Crippen LogP contribution in [-0.2, 0) is 11.2 Å². The van der Waals surface area contributed by atoms with Crippen molar-refractivity contribution in [3.05, 3.63) is 65.5 Å². The Labute approximate surface area is 220 Å². The van der Waals surface area contributed by atoms with Gasteiger partial charge in [-0.15, -0.1) is 11.8 Å². The Kier molecular flexibility index (Phi) is 7.32. The molecule has 2 N–H and O–H groups in total. The smallest absolute Gasteiger partial charge is 0.277 e. The van der Waals surface area contributed by atoms with Crippen molar-refractivity contribution in [2.45, 2.75) is 50.3 Å². The first-order valence-electron chi connectivity index (χ1n) is 12.8. The number of amides is 3. The fourth-order valence-electron chi connectivity index (χ4n) is 4.92. The number of piperidine rings is 1. The summed E-state index contributed by atoms with van der Waals surface area (Å²) in [7, 11) is 0. The molecule has 0 saturated carbocycles. The molecule has 0 spiro atoms. The number of hydrogen-bond acceptors (Lipinski definition) is 5. The van der Waals surface area contributed by atoms with Gasteiger partial charge in [0.2, 0.25) is 5.91 Å². The highest BCUT2D eigenvalue weighted by Crippen LogP contribution is 2.31. The van der Waals surface area contributed by atoms with Crippen molar-refractivity contribution in [1.82, 2.24) is 9.78 Å². The number of rotatable bonds is 8. The second-order valence-corrected chi connectivity index (χ2v) is 10.5. The standard InChI is InChI=1S/C28H31N5O3S/c1-2-3-17-37-22-8-6-7-21(18-22)33-26-23(25(30-33)27(29)35)14-16-32(28(26)36)20-12-10-19(11-13-20)31-15-5-4-9-24(31)34/h6-8,10-13,18H,2-5,9,14-17H2,1H3,(H2,29,35). The van der Waals surface area contributed by atoms with Crippen LogP contribution in [0.15, 0.2) is 53.4 Å². The van der Waals surface area contributed by atoms with Crippen molar-refractivity contribution in [3.63, 3.8) is 0 Å². The molecule has 1 saturated heterocycles. The summed E-state index contributed by atoms with van der Waals surface area (Å²) in [4.78, 5) is 42.9. The third-order valence-corrected chi connectivity index (χ3v) is 7.96. The quantitative estimate of drug-likeness (QED) is 0.348. The molecule has 192 valence electrons. The molecule has 2 aromatic carbocycles. The summed E-state index contributed by atoms with van der Waals surface area (Å²) >= 11 is 1.76. The predicted octanol–water partition coefficient (Wildman–Crippen LogP) is 4.58. The molecule has 0 radical (unpaired) electrons. The van der Waals surface area contributed by atoms with E-state index in [2.05, 4.69) is 12.0 Å². The largest absolute Gasteiger partial charge is 0.364 e. The van der Waals surface area contributed by atoms with E-state index in [1.165, 1.54) is 0 Å². The van der Waals surface area contributed by atoms with Crippen LogP contribution < -0.4 is 15.5 Å². The zero-order chi connectivity index (χ0) is 25.9. The second-order valence-electron chi connectivity index (χ2n) is 9.38. The molecule has 3 amide bonds. The predicted molar refractivity (Wildman–Crippen MR) is 146 cm³/mol. The molecule has 9 heteroatoms. The van der Waals surface area contributed by atoms with Crippen LogP contribution in [0, 0.1) is 0 Å². The summed E-state index contributed by atoms with van der Waals surface area (Å²) in [6.07, 6.45) is 5.21. The molecule has 0 bridgehead atoms. The van der Waals surface area contributed by atoms with Gasteiger partial charge in [0.25, 0.3) is 11.8 Å². The third kappa shape index (κ3) is 5.00. The van der Waals surface area contributed by atoms with Crippen molar-refractivity contribution in [2.24, 2.45) is 5.73 Å². The van der Waals surface area contributed by atoms with Crippen LogP contribution >= 0.6 is 11.8 Å². The molecule has 37 heavy (non-hydrogen) atoms. The van der Waals surface area contributed by atoms with Gasteiger partial charge in [-0.05, 0) is 73.9 Å². The van der Waals surface area contributed by atoms with Crippen LogP contribution in [0.25, 0.3) is 5.69 Å². The molecule has 0 unspecified atom stereocenters. The minimum Gasteiger partial charge on any atom is -0.364 e. The Bertz CT molecular complexity index is 1330. The van der Waals surface area contributed by atoms with E-state index in [0.717, 1.165) is 59.9 Å². The van der Waals surface area contributed by atoms with Gasteiger partial charge >= 0.3 is 0 Å². The van der Waals surface area contributed by atoms with Gasteiger partial charge in [-0.1, -0.05) is 19.4 Å². The minimum absolute atomic E-state index is 0.135. The van der Waals surface area contributed by atoms with Crippen molar-refractivity contribution in [3.8, 4) is 5.69 Å². The molecule has 0 aliphatic carbocycles. The van der Waals surface area contributed by atoms with Gasteiger partial charge < -0.3 is 15.5 Å². The van der Waals surface area contributed by atoms with Gasteiger partial charge in [-0.3, -0.25) is 14.4 Å². The van der Waals surface area contributed by atoms with Gasteiger partial charge in [0.05, 0.1) is 5.69 Å². The number of primary amides is 1. The summed E-state index contributed by atoms with van der Waals surface area (Å²) in [5.74, 6) is 0.276. The van der Waals surface area contributed by atoms with Gasteiger partial charge in [0.15, 0.2) is 5.69 Å². The lowest BCUT2D eigenvalue weighted by atomic mass is 10.0. The number of anilines is 2. The molecule has 8 nitrogen and oxygen atoms in total. The molecule has 1 aromatic heterocycles. The van der Waals surface area contributed by atoms with Crippen LogP contribution in [0.4, 0.5) is 11.4 Å². The van der Waals surface area contributed by atoms with Crippen LogP contribution in [0.5, 0.6) is 0 Å². The van der Waals surface area contributed by atoms with E-state index in [9.17, 15) is 14.4 Å². The number of hydrogen-bond donors (Lipinski definition) is 1. The minimum atomic E-state index is -0.639. The third-order valence-electron chi connectivity index (χ3n) is 6.88. The van der Waals surface area contributed by atoms with E-state index < -0.39 is 5.91 Å². The zero-order valence-electron chi connectivity index (χ0n) is 21.0. The lowest BCUT2D eigenvalue weighted by Crippen LogP contribution is -2.39. The number of unbranched alkanes of at least 4 members (excludes halogenated alkanes) is 1. The Morgan fingerprint density at radius 1 is 0.973 bits per heavy atom. The molecule has 3 aromatic rings. The monoisotopic (exact) mass is 517 g/mol. The maximum atomic E-state index is 13.8. The summed E-state index contributed by atoms with van der Waals surface area (Å²) in [5, 5.41) is 4.50. The first-order valence-corrected chi connectivity index (χ1v) is 13.8. The lowest BCUT2D eigenvalue weighted by Gasteiger charge is -2.29. The van der Waals surface area contributed by atoms with Gasteiger partial charge in [-0.25, -0.2) is 4.68 Å².